The maximum Gasteiger partial charge on any atom is 0.225 e. The van der Waals surface area contributed by atoms with Crippen LogP contribution in [-0.4, -0.2) is 81.9 Å². The molecule has 0 spiro atoms. The number of piperidine rings is 1. The number of hydrogen-bond acceptors (Lipinski definition) is 5. The summed E-state index contributed by atoms with van der Waals surface area (Å²) in [6.45, 7) is 3.90. The maximum atomic E-state index is 12.6. The van der Waals surface area contributed by atoms with Gasteiger partial charge in [0, 0.05) is 51.2 Å². The number of carbonyl (C=O) groups is 1. The maximum absolute atomic E-state index is 12.6. The van der Waals surface area contributed by atoms with E-state index >= 15 is 0 Å². The first kappa shape index (κ1) is 17.1. The largest absolute Gasteiger partial charge is 0.381 e. The lowest BCUT2D eigenvalue weighted by Gasteiger charge is -2.39. The summed E-state index contributed by atoms with van der Waals surface area (Å²) in [6.07, 6.45) is 3.58. The molecule has 0 unspecified atom stereocenters. The van der Waals surface area contributed by atoms with Crippen LogP contribution < -0.4 is 0 Å². The van der Waals surface area contributed by atoms with Gasteiger partial charge in [-0.15, -0.1) is 0 Å². The molecular formula is C15H26N2O5S. The summed E-state index contributed by atoms with van der Waals surface area (Å²) in [5.41, 5.74) is 0. The van der Waals surface area contributed by atoms with E-state index in [-0.39, 0.29) is 23.8 Å². The SMILES string of the molecule is CS(=O)(=O)N1CCO[C@H]2CN(C(=O)C3CCOCC3)CC[C@H]2C1. The van der Waals surface area contributed by atoms with Gasteiger partial charge in [0.15, 0.2) is 0 Å². The van der Waals surface area contributed by atoms with Crippen molar-refractivity contribution in [3.8, 4) is 0 Å². The molecule has 3 saturated heterocycles. The lowest BCUT2D eigenvalue weighted by molar-refractivity contribution is -0.144. The summed E-state index contributed by atoms with van der Waals surface area (Å²) in [7, 11) is -3.19. The van der Waals surface area contributed by atoms with Crippen LogP contribution in [0.1, 0.15) is 19.3 Å². The molecule has 132 valence electrons. The summed E-state index contributed by atoms with van der Waals surface area (Å²) in [6, 6.07) is 0. The van der Waals surface area contributed by atoms with Crippen molar-refractivity contribution in [3.05, 3.63) is 0 Å². The highest BCUT2D eigenvalue weighted by Crippen LogP contribution is 2.27. The molecule has 3 fully saturated rings. The number of fused-ring (bicyclic) bond motifs is 1. The van der Waals surface area contributed by atoms with Gasteiger partial charge in [-0.3, -0.25) is 4.79 Å². The number of nitrogens with zero attached hydrogens (tertiary/aromatic N) is 2. The van der Waals surface area contributed by atoms with Gasteiger partial charge in [-0.2, -0.15) is 4.31 Å². The Bertz CT molecular complexity index is 532. The average Bonchev–Trinajstić information content (AvgIpc) is 2.76. The smallest absolute Gasteiger partial charge is 0.225 e. The first-order valence-corrected chi connectivity index (χ1v) is 10.2. The lowest BCUT2D eigenvalue weighted by atomic mass is 9.91. The average molecular weight is 346 g/mol. The number of likely N-dealkylation sites (tertiary alicyclic amines) is 1. The summed E-state index contributed by atoms with van der Waals surface area (Å²) < 4.78 is 36.3. The van der Waals surface area contributed by atoms with Gasteiger partial charge in [-0.1, -0.05) is 0 Å². The Balaban J connectivity index is 1.61. The number of carbonyl (C=O) groups excluding carboxylic acids is 1. The van der Waals surface area contributed by atoms with Crippen LogP contribution in [0.3, 0.4) is 0 Å². The van der Waals surface area contributed by atoms with E-state index in [0.717, 1.165) is 19.3 Å². The van der Waals surface area contributed by atoms with E-state index in [4.69, 9.17) is 9.47 Å². The van der Waals surface area contributed by atoms with Gasteiger partial charge in [0.2, 0.25) is 15.9 Å². The molecule has 8 heteroatoms. The quantitative estimate of drug-likeness (QED) is 0.699. The molecule has 0 aromatic carbocycles. The molecule has 7 nitrogen and oxygen atoms in total. The molecule has 23 heavy (non-hydrogen) atoms. The van der Waals surface area contributed by atoms with E-state index in [0.29, 0.717) is 46.0 Å². The van der Waals surface area contributed by atoms with E-state index in [1.807, 2.05) is 4.90 Å². The summed E-state index contributed by atoms with van der Waals surface area (Å²) >= 11 is 0. The van der Waals surface area contributed by atoms with Gasteiger partial charge in [-0.25, -0.2) is 8.42 Å². The Morgan fingerprint density at radius 1 is 1.04 bits per heavy atom. The van der Waals surface area contributed by atoms with Crippen LogP contribution in [0.15, 0.2) is 0 Å². The van der Waals surface area contributed by atoms with Gasteiger partial charge < -0.3 is 14.4 Å². The van der Waals surface area contributed by atoms with Crippen molar-refractivity contribution in [1.82, 2.24) is 9.21 Å². The fourth-order valence-electron chi connectivity index (χ4n) is 3.73. The van der Waals surface area contributed by atoms with Gasteiger partial charge in [0.1, 0.15) is 0 Å². The van der Waals surface area contributed by atoms with Crippen LogP contribution in [0.4, 0.5) is 0 Å². The fraction of sp³-hybridized carbons (Fsp3) is 0.933. The minimum absolute atomic E-state index is 0.0562. The minimum Gasteiger partial charge on any atom is -0.381 e. The van der Waals surface area contributed by atoms with Crippen LogP contribution in [0.5, 0.6) is 0 Å². The molecule has 3 aliphatic heterocycles. The van der Waals surface area contributed by atoms with E-state index in [2.05, 4.69) is 0 Å². The predicted octanol–water partition coefficient (Wildman–Crippen LogP) is -0.0781. The van der Waals surface area contributed by atoms with Crippen molar-refractivity contribution in [2.45, 2.75) is 25.4 Å². The van der Waals surface area contributed by atoms with E-state index in [1.54, 1.807) is 0 Å². The number of amides is 1. The molecule has 0 N–H and O–H groups in total. The highest BCUT2D eigenvalue weighted by Gasteiger charge is 2.38. The van der Waals surface area contributed by atoms with Gasteiger partial charge in [0.05, 0.1) is 19.0 Å². The third-order valence-corrected chi connectivity index (χ3v) is 6.43. The molecule has 0 aromatic heterocycles. The Morgan fingerprint density at radius 3 is 2.48 bits per heavy atom. The second kappa shape index (κ2) is 7.04. The predicted molar refractivity (Wildman–Crippen MR) is 84.4 cm³/mol. The molecule has 3 heterocycles. The van der Waals surface area contributed by atoms with Crippen molar-refractivity contribution in [1.29, 1.82) is 0 Å². The summed E-state index contributed by atoms with van der Waals surface area (Å²) in [5, 5.41) is 0. The monoisotopic (exact) mass is 346 g/mol. The van der Waals surface area contributed by atoms with Crippen molar-refractivity contribution in [3.63, 3.8) is 0 Å². The lowest BCUT2D eigenvalue weighted by Crippen LogP contribution is -2.51. The summed E-state index contributed by atoms with van der Waals surface area (Å²) in [4.78, 5) is 14.6. The normalized spacial score (nSPS) is 31.4. The molecular weight excluding hydrogens is 320 g/mol. The molecule has 3 aliphatic rings. The molecule has 0 aliphatic carbocycles. The first-order valence-electron chi connectivity index (χ1n) is 8.38. The standard InChI is InChI=1S/C15H26N2O5S/c1-23(19,20)17-6-9-22-14-11-16(5-2-13(14)10-17)15(18)12-3-7-21-8-4-12/h12-14H,2-11H2,1H3/t13-,14-/m0/s1. The Kier molecular flexibility index (Phi) is 5.25. The third kappa shape index (κ3) is 4.04. The number of sulfonamides is 1. The van der Waals surface area contributed by atoms with E-state index in [1.165, 1.54) is 10.6 Å². The van der Waals surface area contributed by atoms with E-state index < -0.39 is 10.0 Å². The zero-order valence-corrected chi connectivity index (χ0v) is 14.5. The van der Waals surface area contributed by atoms with Crippen LogP contribution in [0.25, 0.3) is 0 Å². The van der Waals surface area contributed by atoms with Crippen molar-refractivity contribution in [2.24, 2.45) is 11.8 Å². The topological polar surface area (TPSA) is 76.2 Å². The third-order valence-electron chi connectivity index (χ3n) is 5.16. The zero-order valence-electron chi connectivity index (χ0n) is 13.6. The molecule has 0 saturated carbocycles. The Morgan fingerprint density at radius 2 is 1.78 bits per heavy atom. The fourth-order valence-corrected chi connectivity index (χ4v) is 4.59. The number of rotatable bonds is 2. The molecule has 1 amide bonds. The first-order chi connectivity index (χ1) is 10.9. The van der Waals surface area contributed by atoms with Crippen molar-refractivity contribution in [2.75, 3.05) is 52.3 Å². The van der Waals surface area contributed by atoms with Crippen molar-refractivity contribution < 1.29 is 22.7 Å². The second-order valence-corrected chi connectivity index (χ2v) is 8.73. The highest BCUT2D eigenvalue weighted by molar-refractivity contribution is 7.88. The number of ether oxygens (including phenoxy) is 2. The molecule has 0 aromatic rings. The highest BCUT2D eigenvalue weighted by atomic mass is 32.2. The van der Waals surface area contributed by atoms with Gasteiger partial charge in [-0.05, 0) is 19.3 Å². The Labute approximate surface area is 138 Å². The van der Waals surface area contributed by atoms with E-state index in [9.17, 15) is 13.2 Å². The summed E-state index contributed by atoms with van der Waals surface area (Å²) in [5.74, 6) is 0.448. The Hall–Kier alpha value is -0.700. The van der Waals surface area contributed by atoms with Crippen molar-refractivity contribution >= 4 is 15.9 Å². The molecule has 3 rings (SSSR count). The minimum atomic E-state index is -3.19. The van der Waals surface area contributed by atoms with Crippen LogP contribution in [0.2, 0.25) is 0 Å². The molecule has 0 radical (unpaired) electrons. The zero-order chi connectivity index (χ0) is 16.4. The second-order valence-electron chi connectivity index (χ2n) is 6.75. The van der Waals surface area contributed by atoms with Gasteiger partial charge >= 0.3 is 0 Å². The van der Waals surface area contributed by atoms with Gasteiger partial charge in [0.25, 0.3) is 0 Å². The van der Waals surface area contributed by atoms with Crippen LogP contribution in [0, 0.1) is 11.8 Å². The van der Waals surface area contributed by atoms with Crippen LogP contribution in [-0.2, 0) is 24.3 Å². The van der Waals surface area contributed by atoms with Crippen LogP contribution >= 0.6 is 0 Å². The molecule has 0 bridgehead atoms. The number of hydrogen-bond donors (Lipinski definition) is 0. The molecule has 2 atom stereocenters.